The fourth-order valence-electron chi connectivity index (χ4n) is 4.72. The number of phenolic OH excluding ortho intramolecular Hbond substituents is 2. The SMILES string of the molecule is Cc1cc(CC(C)C)cc(C=NC2CCC(N=Cc3cc(CC(C)C)cc(C)c3O)C2)c1O. The molecule has 4 nitrogen and oxygen atoms in total. The van der Waals surface area contributed by atoms with E-state index in [1.54, 1.807) is 0 Å². The minimum absolute atomic E-state index is 0.211. The molecule has 1 aliphatic carbocycles. The summed E-state index contributed by atoms with van der Waals surface area (Å²) in [6.07, 6.45) is 8.54. The first-order chi connectivity index (χ1) is 15.6. The summed E-state index contributed by atoms with van der Waals surface area (Å²) in [4.78, 5) is 9.58. The van der Waals surface area contributed by atoms with Gasteiger partial charge in [0.1, 0.15) is 11.5 Å². The molecule has 178 valence electrons. The monoisotopic (exact) mass is 448 g/mol. The molecule has 1 saturated carbocycles. The van der Waals surface area contributed by atoms with Crippen molar-refractivity contribution in [3.05, 3.63) is 57.6 Å². The second-order valence-electron chi connectivity index (χ2n) is 10.6. The van der Waals surface area contributed by atoms with E-state index in [4.69, 9.17) is 9.98 Å². The zero-order valence-electron chi connectivity index (χ0n) is 21.1. The van der Waals surface area contributed by atoms with Crippen molar-refractivity contribution in [3.63, 3.8) is 0 Å². The molecule has 2 aromatic carbocycles. The third kappa shape index (κ3) is 6.93. The highest BCUT2D eigenvalue weighted by Gasteiger charge is 2.23. The van der Waals surface area contributed by atoms with E-state index in [0.29, 0.717) is 23.3 Å². The molecule has 1 fully saturated rings. The van der Waals surface area contributed by atoms with Crippen LogP contribution in [0.25, 0.3) is 0 Å². The Hall–Kier alpha value is -2.62. The Morgan fingerprint density at radius 2 is 1.15 bits per heavy atom. The van der Waals surface area contributed by atoms with Crippen molar-refractivity contribution < 1.29 is 10.2 Å². The van der Waals surface area contributed by atoms with Gasteiger partial charge in [0.2, 0.25) is 0 Å². The molecule has 0 saturated heterocycles. The van der Waals surface area contributed by atoms with Gasteiger partial charge in [0, 0.05) is 23.6 Å². The molecule has 2 atom stereocenters. The minimum Gasteiger partial charge on any atom is -0.507 e. The molecule has 0 spiro atoms. The fraction of sp³-hybridized carbons (Fsp3) is 0.517. The van der Waals surface area contributed by atoms with Gasteiger partial charge in [-0.25, -0.2) is 0 Å². The van der Waals surface area contributed by atoms with Crippen LogP contribution in [0, 0.1) is 25.7 Å². The second kappa shape index (κ2) is 11.0. The maximum absolute atomic E-state index is 10.5. The molecule has 1 aliphatic rings. The van der Waals surface area contributed by atoms with Crippen molar-refractivity contribution in [2.24, 2.45) is 21.8 Å². The summed E-state index contributed by atoms with van der Waals surface area (Å²) in [5.74, 6) is 1.79. The van der Waals surface area contributed by atoms with E-state index in [-0.39, 0.29) is 12.1 Å². The average Bonchev–Trinajstić information content (AvgIpc) is 3.18. The summed E-state index contributed by atoms with van der Waals surface area (Å²) in [5.41, 5.74) is 5.90. The van der Waals surface area contributed by atoms with E-state index in [2.05, 4.69) is 52.0 Å². The Labute approximate surface area is 199 Å². The molecule has 0 radical (unpaired) electrons. The highest BCUT2D eigenvalue weighted by molar-refractivity contribution is 5.85. The lowest BCUT2D eigenvalue weighted by Crippen LogP contribution is -2.04. The molecule has 0 heterocycles. The Morgan fingerprint density at radius 1 is 0.758 bits per heavy atom. The summed E-state index contributed by atoms with van der Waals surface area (Å²) >= 11 is 0. The van der Waals surface area contributed by atoms with Crippen LogP contribution in [0.1, 0.15) is 80.3 Å². The largest absolute Gasteiger partial charge is 0.507 e. The molecule has 0 aliphatic heterocycles. The number of phenols is 2. The number of rotatable bonds is 8. The maximum Gasteiger partial charge on any atom is 0.127 e. The first-order valence-electron chi connectivity index (χ1n) is 12.3. The number of hydrogen-bond acceptors (Lipinski definition) is 4. The normalized spacial score (nSPS) is 19.0. The van der Waals surface area contributed by atoms with E-state index in [9.17, 15) is 10.2 Å². The van der Waals surface area contributed by atoms with Crippen LogP contribution in [-0.2, 0) is 12.8 Å². The minimum atomic E-state index is 0.211. The van der Waals surface area contributed by atoms with Crippen LogP contribution in [0.3, 0.4) is 0 Å². The smallest absolute Gasteiger partial charge is 0.127 e. The maximum atomic E-state index is 10.5. The molecule has 2 unspecified atom stereocenters. The van der Waals surface area contributed by atoms with Crippen LogP contribution in [0.2, 0.25) is 0 Å². The van der Waals surface area contributed by atoms with Gasteiger partial charge in [-0.05, 0) is 92.2 Å². The van der Waals surface area contributed by atoms with Gasteiger partial charge < -0.3 is 10.2 Å². The van der Waals surface area contributed by atoms with Crippen molar-refractivity contribution >= 4 is 12.4 Å². The summed E-state index contributed by atoms with van der Waals surface area (Å²) < 4.78 is 0. The average molecular weight is 449 g/mol. The van der Waals surface area contributed by atoms with Gasteiger partial charge >= 0.3 is 0 Å². The first-order valence-corrected chi connectivity index (χ1v) is 12.3. The number of benzene rings is 2. The van der Waals surface area contributed by atoms with Gasteiger partial charge in [-0.15, -0.1) is 0 Å². The molecular weight excluding hydrogens is 408 g/mol. The van der Waals surface area contributed by atoms with Gasteiger partial charge in [0.25, 0.3) is 0 Å². The lowest BCUT2D eigenvalue weighted by molar-refractivity contribution is 0.469. The number of aryl methyl sites for hydroxylation is 2. The van der Waals surface area contributed by atoms with E-state index in [1.807, 2.05) is 26.3 Å². The molecule has 4 heteroatoms. The Bertz CT molecular complexity index is 939. The molecule has 0 aromatic heterocycles. The van der Waals surface area contributed by atoms with Gasteiger partial charge in [-0.2, -0.15) is 0 Å². The van der Waals surface area contributed by atoms with Crippen LogP contribution in [0.4, 0.5) is 0 Å². The highest BCUT2D eigenvalue weighted by atomic mass is 16.3. The second-order valence-corrected chi connectivity index (χ2v) is 10.6. The first kappa shape index (κ1) is 25.0. The molecular formula is C29H40N2O2. The standard InChI is InChI=1S/C29H40N2O2/c1-18(2)9-22-11-20(5)28(32)24(13-22)16-30-26-7-8-27(15-26)31-17-25-14-23(10-19(3)4)12-21(6)29(25)33/h11-14,16-19,26-27,32-33H,7-10,15H2,1-6H3. The predicted molar refractivity (Wildman–Crippen MR) is 139 cm³/mol. The molecule has 33 heavy (non-hydrogen) atoms. The summed E-state index contributed by atoms with van der Waals surface area (Å²) in [7, 11) is 0. The quantitative estimate of drug-likeness (QED) is 0.449. The summed E-state index contributed by atoms with van der Waals surface area (Å²) in [5, 5.41) is 21.0. The Kier molecular flexibility index (Phi) is 8.34. The number of aromatic hydroxyl groups is 2. The van der Waals surface area contributed by atoms with E-state index >= 15 is 0 Å². The number of hydrogen-bond donors (Lipinski definition) is 2. The molecule has 2 N–H and O–H groups in total. The van der Waals surface area contributed by atoms with Crippen LogP contribution in [-0.4, -0.2) is 34.7 Å². The third-order valence-electron chi connectivity index (χ3n) is 6.29. The van der Waals surface area contributed by atoms with E-state index < -0.39 is 0 Å². The molecule has 3 rings (SSSR count). The van der Waals surface area contributed by atoms with Crippen molar-refractivity contribution in [2.45, 2.75) is 85.7 Å². The van der Waals surface area contributed by atoms with Gasteiger partial charge in [0.15, 0.2) is 0 Å². The van der Waals surface area contributed by atoms with Crippen molar-refractivity contribution in [1.82, 2.24) is 0 Å². The molecule has 0 bridgehead atoms. The van der Waals surface area contributed by atoms with Gasteiger partial charge in [-0.3, -0.25) is 9.98 Å². The zero-order chi connectivity index (χ0) is 24.1. The van der Waals surface area contributed by atoms with Crippen molar-refractivity contribution in [2.75, 3.05) is 0 Å². The lowest BCUT2D eigenvalue weighted by atomic mass is 9.98. The van der Waals surface area contributed by atoms with E-state index in [0.717, 1.165) is 54.4 Å². The van der Waals surface area contributed by atoms with Crippen LogP contribution in [0.15, 0.2) is 34.3 Å². The third-order valence-corrected chi connectivity index (χ3v) is 6.29. The van der Waals surface area contributed by atoms with Crippen molar-refractivity contribution in [1.29, 1.82) is 0 Å². The number of aliphatic imine (C=N–C) groups is 2. The summed E-state index contributed by atoms with van der Waals surface area (Å²) in [6.45, 7) is 12.7. The van der Waals surface area contributed by atoms with E-state index in [1.165, 1.54) is 11.1 Å². The zero-order valence-corrected chi connectivity index (χ0v) is 21.1. The van der Waals surface area contributed by atoms with Crippen LogP contribution < -0.4 is 0 Å². The summed E-state index contributed by atoms with van der Waals surface area (Å²) in [6, 6.07) is 8.68. The van der Waals surface area contributed by atoms with Crippen molar-refractivity contribution in [3.8, 4) is 11.5 Å². The van der Waals surface area contributed by atoms with Crippen LogP contribution >= 0.6 is 0 Å². The molecule has 2 aromatic rings. The number of nitrogens with zero attached hydrogens (tertiary/aromatic N) is 2. The predicted octanol–water partition coefficient (Wildman–Crippen LogP) is 6.57. The molecule has 0 amide bonds. The van der Waals surface area contributed by atoms with Gasteiger partial charge in [-0.1, -0.05) is 39.8 Å². The Balaban J connectivity index is 1.67. The van der Waals surface area contributed by atoms with Gasteiger partial charge in [0.05, 0.1) is 12.1 Å². The fourth-order valence-corrected chi connectivity index (χ4v) is 4.72. The van der Waals surface area contributed by atoms with Crippen LogP contribution in [0.5, 0.6) is 11.5 Å². The lowest BCUT2D eigenvalue weighted by Gasteiger charge is -2.11. The highest BCUT2D eigenvalue weighted by Crippen LogP contribution is 2.29. The topological polar surface area (TPSA) is 65.2 Å². The Morgan fingerprint density at radius 3 is 1.52 bits per heavy atom.